The lowest BCUT2D eigenvalue weighted by molar-refractivity contribution is -0.113. The fourth-order valence-electron chi connectivity index (χ4n) is 18.1. The zero-order chi connectivity index (χ0) is 93.7. The fourth-order valence-corrected chi connectivity index (χ4v) is 19.5. The molecule has 4 aromatic heterocycles. The lowest BCUT2D eigenvalue weighted by atomic mass is 9.87. The molecule has 8 aromatic carbocycles. The summed E-state index contributed by atoms with van der Waals surface area (Å²) in [6.45, 7) is 21.8. The van der Waals surface area contributed by atoms with Gasteiger partial charge in [-0.25, -0.2) is 61.5 Å². The Morgan fingerprint density at radius 3 is 1.05 bits per heavy atom. The maximum atomic E-state index is 15.4. The number of alkyl halides is 5. The molecule has 0 fully saturated rings. The summed E-state index contributed by atoms with van der Waals surface area (Å²) in [5.41, 5.74) is 1.25. The topological polar surface area (TPSA) is 123 Å². The number of ketones is 4. The van der Waals surface area contributed by atoms with Crippen molar-refractivity contribution in [3.63, 3.8) is 0 Å². The van der Waals surface area contributed by atoms with Crippen molar-refractivity contribution in [2.75, 3.05) is 26.2 Å². The Morgan fingerprint density at radius 2 is 0.690 bits per heavy atom. The van der Waals surface area contributed by atoms with Gasteiger partial charge in [-0.15, -0.1) is 11.3 Å². The van der Waals surface area contributed by atoms with Crippen molar-refractivity contribution < 1.29 is 89.5 Å². The van der Waals surface area contributed by atoms with E-state index in [0.29, 0.717) is 59.2 Å². The number of H-pyrrole nitrogens is 1. The molecule has 0 aliphatic carbocycles. The summed E-state index contributed by atoms with van der Waals surface area (Å²) in [6.07, 6.45) is 12.6. The van der Waals surface area contributed by atoms with E-state index in [1.807, 2.05) is 86.3 Å². The van der Waals surface area contributed by atoms with E-state index < -0.39 is 112 Å². The molecule has 0 spiro atoms. The summed E-state index contributed by atoms with van der Waals surface area (Å²) in [5.74, 6) is -9.98. The molecule has 12 aromatic rings. The van der Waals surface area contributed by atoms with Crippen molar-refractivity contribution >= 4 is 102 Å². The Balaban J connectivity index is 0.000000147. The molecule has 0 radical (unpaired) electrons. The quantitative estimate of drug-likeness (QED) is 0.0583. The normalized spacial score (nSPS) is 19.5. The Labute approximate surface area is 743 Å². The lowest BCUT2D eigenvalue weighted by Gasteiger charge is -2.43. The van der Waals surface area contributed by atoms with Crippen LogP contribution in [-0.2, 0) is 44.9 Å². The number of para-hydroxylation sites is 2. The van der Waals surface area contributed by atoms with Crippen molar-refractivity contribution in [3.8, 4) is 0 Å². The number of aromatic amines is 1. The standard InChI is InChI=1S/C26H26F4N2O.C26H26F3NO2.C26H26F3NOS.C25H23F4NO2/c1-14-9-19-18-12-17(27)7-8-22(18)31-24(19)25(32(14)13-26(3,4)30)23-20(28)10-16(11-21(23)29)6-5-15(2)33;2*1-15-11-19-18-7-5-6-8-22(18)32-25(19)24(30(15)14-26(3,4)29)23-20(27)12-17(13-21(23)28)10-9-16(2)31;1-14-10-18-17-6-4-5-7-21(17)32-24(18)23(30(14)13-25(3,28)29)22-19(26)11-16(12-20(22)27)9-8-15(2)31/h5-8,10-12,14,25,31H,9,13H2,1-4H3;2*5-10,12-13,15,24H,11,14H2,1-4H3;4-9,11-12,14,23H,10,13H2,1-3H3/b6-5+;2*10-9+;9-8+. The number of hydrogen-bond donors (Lipinski definition) is 1. The van der Waals surface area contributed by atoms with Crippen LogP contribution in [-0.4, -0.2) is 121 Å². The molecule has 11 nitrogen and oxygen atoms in total. The summed E-state index contributed by atoms with van der Waals surface area (Å²) < 4.78 is 223. The number of carbonyl (C=O) groups is 4. The summed E-state index contributed by atoms with van der Waals surface area (Å²) in [7, 11) is 0. The lowest BCUT2D eigenvalue weighted by Crippen LogP contribution is -2.48. The zero-order valence-corrected chi connectivity index (χ0v) is 74.9. The van der Waals surface area contributed by atoms with Crippen molar-refractivity contribution in [2.45, 2.75) is 201 Å². The minimum Gasteiger partial charge on any atom is -0.459 e. The number of fused-ring (bicyclic) bond motifs is 12. The van der Waals surface area contributed by atoms with E-state index in [0.717, 1.165) is 79.2 Å². The number of nitrogens with zero attached hydrogens (tertiary/aromatic N) is 4. The number of benzene rings is 8. The van der Waals surface area contributed by atoms with Crippen LogP contribution in [0.1, 0.15) is 217 Å². The molecule has 4 aliphatic rings. The molecule has 16 rings (SSSR count). The maximum absolute atomic E-state index is 15.4. The summed E-state index contributed by atoms with van der Waals surface area (Å²) in [5, 5.41) is 3.46. The van der Waals surface area contributed by atoms with Crippen LogP contribution in [0.2, 0.25) is 0 Å². The van der Waals surface area contributed by atoms with Gasteiger partial charge in [-0.3, -0.25) is 38.8 Å². The second-order valence-electron chi connectivity index (χ2n) is 36.1. The van der Waals surface area contributed by atoms with Crippen molar-refractivity contribution in [1.29, 1.82) is 0 Å². The number of aromatic nitrogens is 1. The predicted octanol–water partition coefficient (Wildman–Crippen LogP) is 25.8. The van der Waals surface area contributed by atoms with Gasteiger partial charge in [0.1, 0.15) is 104 Å². The molecule has 8 atom stereocenters. The molecule has 8 heterocycles. The molecule has 678 valence electrons. The number of allylic oxidation sites excluding steroid dienone is 4. The molecule has 0 saturated heterocycles. The van der Waals surface area contributed by atoms with E-state index in [9.17, 15) is 45.5 Å². The zero-order valence-electron chi connectivity index (χ0n) is 74.1. The van der Waals surface area contributed by atoms with E-state index in [4.69, 9.17) is 8.83 Å². The number of rotatable bonds is 20. The third-order valence-electron chi connectivity index (χ3n) is 23.4. The first-order valence-corrected chi connectivity index (χ1v) is 43.4. The van der Waals surface area contributed by atoms with Gasteiger partial charge < -0.3 is 13.8 Å². The first-order chi connectivity index (χ1) is 60.6. The number of carbonyl (C=O) groups excluding carboxylic acids is 4. The van der Waals surface area contributed by atoms with Crippen LogP contribution in [0.15, 0.2) is 173 Å². The molecule has 0 amide bonds. The fraction of sp³-hybridized carbons (Fsp3) is 0.340. The molecular weight excluding hydrogens is 1700 g/mol. The third kappa shape index (κ3) is 21.6. The first kappa shape index (κ1) is 95.4. The van der Waals surface area contributed by atoms with Gasteiger partial charge >= 0.3 is 0 Å². The van der Waals surface area contributed by atoms with Crippen LogP contribution in [0.3, 0.4) is 0 Å². The molecule has 1 N–H and O–H groups in total. The van der Waals surface area contributed by atoms with Crippen LogP contribution >= 0.6 is 11.3 Å². The Morgan fingerprint density at radius 1 is 0.380 bits per heavy atom. The van der Waals surface area contributed by atoms with E-state index in [2.05, 4.69) is 4.98 Å². The molecule has 129 heavy (non-hydrogen) atoms. The molecular formula is C103H101F14N5O6S. The van der Waals surface area contributed by atoms with Gasteiger partial charge in [0.25, 0.3) is 5.92 Å². The number of nitrogens with one attached hydrogen (secondary N) is 1. The highest BCUT2D eigenvalue weighted by Gasteiger charge is 2.48. The summed E-state index contributed by atoms with van der Waals surface area (Å²) in [6, 6.07) is 31.7. The Bertz CT molecular complexity index is 5860. The predicted molar refractivity (Wildman–Crippen MR) is 480 cm³/mol. The third-order valence-corrected chi connectivity index (χ3v) is 24.6. The number of hydrogen-bond acceptors (Lipinski definition) is 11. The monoisotopic (exact) mass is 1800 g/mol. The second-order valence-corrected chi connectivity index (χ2v) is 37.2. The van der Waals surface area contributed by atoms with E-state index in [-0.39, 0.29) is 111 Å². The molecule has 26 heteroatoms. The van der Waals surface area contributed by atoms with Crippen molar-refractivity contribution in [2.24, 2.45) is 0 Å². The smallest absolute Gasteiger partial charge is 0.257 e. The minimum absolute atomic E-state index is 0.0137. The highest BCUT2D eigenvalue weighted by atomic mass is 32.1. The van der Waals surface area contributed by atoms with Crippen molar-refractivity contribution in [1.82, 2.24) is 24.6 Å². The summed E-state index contributed by atoms with van der Waals surface area (Å²) >= 11 is 1.51. The average molecular weight is 1800 g/mol. The largest absolute Gasteiger partial charge is 0.459 e. The number of furan rings is 2. The SMILES string of the molecule is CC(=O)/C=C/c1cc(F)c(C2c3[nH]c4ccc(F)cc4c3CC(C)N2CC(C)(C)F)c(F)c1.CC(=O)/C=C/c1cc(F)c(C2c3oc4ccccc4c3CC(C)N2CC(C)(C)F)c(F)c1.CC(=O)/C=C/c1cc(F)c(C2c3oc4ccccc4c3CC(C)N2CC(C)(F)F)c(F)c1.CC(=O)/C=C/c1cc(F)c(C2c3sc4ccccc4c3CC(C)N2CC(C)(C)F)c(F)c1. The number of halogens is 14. The first-order valence-electron chi connectivity index (χ1n) is 42.6. The second kappa shape index (κ2) is 38.1. The van der Waals surface area contributed by atoms with Crippen LogP contribution in [0.25, 0.3) is 67.2 Å². The molecule has 0 bridgehead atoms. The molecule has 0 saturated carbocycles. The van der Waals surface area contributed by atoms with Crippen LogP contribution in [0.5, 0.6) is 0 Å². The van der Waals surface area contributed by atoms with E-state index in [1.165, 1.54) is 170 Å². The van der Waals surface area contributed by atoms with Gasteiger partial charge in [-0.2, -0.15) is 0 Å². The Hall–Kier alpha value is -11.2. The van der Waals surface area contributed by atoms with Gasteiger partial charge in [0.05, 0.1) is 18.6 Å². The molecule has 8 unspecified atom stereocenters. The highest BCUT2D eigenvalue weighted by Crippen LogP contribution is 2.52. The average Bonchev–Trinajstić information content (AvgIpc) is 1.64. The Kier molecular flexibility index (Phi) is 28.2. The van der Waals surface area contributed by atoms with E-state index >= 15 is 35.1 Å². The minimum atomic E-state index is -3.08. The van der Waals surface area contributed by atoms with Crippen LogP contribution < -0.4 is 0 Å². The summed E-state index contributed by atoms with van der Waals surface area (Å²) in [4.78, 5) is 55.7. The van der Waals surface area contributed by atoms with Gasteiger partial charge in [-0.1, -0.05) is 78.9 Å². The van der Waals surface area contributed by atoms with Gasteiger partial charge in [-0.05, 0) is 271 Å². The van der Waals surface area contributed by atoms with Crippen LogP contribution in [0, 0.1) is 52.4 Å². The van der Waals surface area contributed by atoms with Gasteiger partial charge in [0.2, 0.25) is 0 Å². The van der Waals surface area contributed by atoms with Gasteiger partial charge in [0, 0.05) is 121 Å². The van der Waals surface area contributed by atoms with Gasteiger partial charge in [0.15, 0.2) is 23.1 Å². The van der Waals surface area contributed by atoms with Crippen LogP contribution in [0.4, 0.5) is 61.5 Å². The number of thiophene rings is 1. The molecule has 4 aliphatic heterocycles. The highest BCUT2D eigenvalue weighted by molar-refractivity contribution is 7.19. The maximum Gasteiger partial charge on any atom is 0.257 e. The van der Waals surface area contributed by atoms with E-state index in [1.54, 1.807) is 34.9 Å². The van der Waals surface area contributed by atoms with Crippen molar-refractivity contribution in [3.05, 3.63) is 305 Å².